The fraction of sp³-hybridized carbons (Fsp3) is 0.375. The predicted octanol–water partition coefficient (Wildman–Crippen LogP) is 0.283. The topological polar surface area (TPSA) is 78.1 Å². The summed E-state index contributed by atoms with van der Waals surface area (Å²) in [6, 6.07) is -0.230. The fourth-order valence-corrected chi connectivity index (χ4v) is 0.796. The van der Waals surface area contributed by atoms with Gasteiger partial charge in [-0.3, -0.25) is 0 Å². The van der Waals surface area contributed by atoms with Crippen molar-refractivity contribution in [2.75, 3.05) is 7.11 Å². The van der Waals surface area contributed by atoms with E-state index < -0.39 is 5.97 Å². The Morgan fingerprint density at radius 2 is 2.08 bits per heavy atom. The largest absolute Gasteiger partial charge is 0.465 e. The zero-order valence-corrected chi connectivity index (χ0v) is 7.52. The molecule has 0 aliphatic rings. The molecule has 13 heavy (non-hydrogen) atoms. The van der Waals surface area contributed by atoms with Crippen LogP contribution in [-0.4, -0.2) is 23.0 Å². The van der Waals surface area contributed by atoms with E-state index >= 15 is 0 Å². The maximum atomic E-state index is 11.0. The Balaban J connectivity index is 2.87. The number of hydrogen-bond donors (Lipinski definition) is 1. The van der Waals surface area contributed by atoms with E-state index in [1.165, 1.54) is 19.5 Å². The standard InChI is InChI=1S/C8H11N3O2/c1-5(9)7-10-3-6(4-11-7)8(12)13-2/h3-5H,9H2,1-2H3/t5-/m1/s1. The van der Waals surface area contributed by atoms with Crippen molar-refractivity contribution in [3.8, 4) is 0 Å². The number of methoxy groups -OCH3 is 1. The predicted molar refractivity (Wildman–Crippen MR) is 46.0 cm³/mol. The quantitative estimate of drug-likeness (QED) is 0.663. The smallest absolute Gasteiger partial charge is 0.341 e. The maximum absolute atomic E-state index is 11.0. The number of hydrogen-bond acceptors (Lipinski definition) is 5. The second kappa shape index (κ2) is 3.95. The molecule has 0 aliphatic carbocycles. The van der Waals surface area contributed by atoms with Crippen LogP contribution in [-0.2, 0) is 4.74 Å². The third kappa shape index (κ3) is 2.22. The van der Waals surface area contributed by atoms with Crippen LogP contribution in [0.1, 0.15) is 29.1 Å². The highest BCUT2D eigenvalue weighted by atomic mass is 16.5. The van der Waals surface area contributed by atoms with Gasteiger partial charge in [-0.2, -0.15) is 0 Å². The first-order valence-corrected chi connectivity index (χ1v) is 3.81. The van der Waals surface area contributed by atoms with Crippen LogP contribution in [0.2, 0.25) is 0 Å². The Morgan fingerprint density at radius 1 is 1.54 bits per heavy atom. The molecule has 2 N–H and O–H groups in total. The minimum Gasteiger partial charge on any atom is -0.465 e. The molecule has 0 saturated carbocycles. The van der Waals surface area contributed by atoms with E-state index in [0.29, 0.717) is 11.4 Å². The Hall–Kier alpha value is -1.49. The maximum Gasteiger partial charge on any atom is 0.341 e. The highest BCUT2D eigenvalue weighted by molar-refractivity contribution is 5.88. The molecular formula is C8H11N3O2. The number of nitrogens with two attached hydrogens (primary N) is 1. The van der Waals surface area contributed by atoms with Crippen molar-refractivity contribution in [3.05, 3.63) is 23.8 Å². The molecule has 0 spiro atoms. The number of carbonyl (C=O) groups excluding carboxylic acids is 1. The van der Waals surface area contributed by atoms with Gasteiger partial charge in [0.15, 0.2) is 0 Å². The van der Waals surface area contributed by atoms with Crippen molar-refractivity contribution in [2.45, 2.75) is 13.0 Å². The van der Waals surface area contributed by atoms with Crippen LogP contribution >= 0.6 is 0 Å². The summed E-state index contributed by atoms with van der Waals surface area (Å²) in [6.07, 6.45) is 2.80. The van der Waals surface area contributed by atoms with Gasteiger partial charge in [0.1, 0.15) is 5.82 Å². The zero-order valence-electron chi connectivity index (χ0n) is 7.52. The molecular weight excluding hydrogens is 170 g/mol. The van der Waals surface area contributed by atoms with Crippen molar-refractivity contribution in [1.29, 1.82) is 0 Å². The molecule has 5 heteroatoms. The molecule has 0 fully saturated rings. The van der Waals surface area contributed by atoms with Crippen molar-refractivity contribution in [3.63, 3.8) is 0 Å². The van der Waals surface area contributed by atoms with E-state index in [9.17, 15) is 4.79 Å². The van der Waals surface area contributed by atoms with Crippen LogP contribution < -0.4 is 5.73 Å². The lowest BCUT2D eigenvalue weighted by atomic mass is 10.3. The molecule has 1 heterocycles. The molecule has 70 valence electrons. The van der Waals surface area contributed by atoms with Gasteiger partial charge in [-0.25, -0.2) is 14.8 Å². The van der Waals surface area contributed by atoms with Crippen LogP contribution in [0.5, 0.6) is 0 Å². The molecule has 5 nitrogen and oxygen atoms in total. The van der Waals surface area contributed by atoms with Gasteiger partial charge < -0.3 is 10.5 Å². The second-order valence-electron chi connectivity index (χ2n) is 2.61. The summed E-state index contributed by atoms with van der Waals surface area (Å²) >= 11 is 0. The van der Waals surface area contributed by atoms with Gasteiger partial charge in [-0.1, -0.05) is 0 Å². The lowest BCUT2D eigenvalue weighted by molar-refractivity contribution is 0.0599. The second-order valence-corrected chi connectivity index (χ2v) is 2.61. The molecule has 1 aromatic heterocycles. The molecule has 0 radical (unpaired) electrons. The SMILES string of the molecule is COC(=O)c1cnc([C@@H](C)N)nc1. The minimum absolute atomic E-state index is 0.230. The van der Waals surface area contributed by atoms with Gasteiger partial charge in [-0.15, -0.1) is 0 Å². The molecule has 0 saturated heterocycles. The summed E-state index contributed by atoms with van der Waals surface area (Å²) in [4.78, 5) is 18.8. The lowest BCUT2D eigenvalue weighted by Gasteiger charge is -2.03. The van der Waals surface area contributed by atoms with E-state index in [0.717, 1.165) is 0 Å². The number of nitrogens with zero attached hydrogens (tertiary/aromatic N) is 2. The van der Waals surface area contributed by atoms with Gasteiger partial charge in [0.25, 0.3) is 0 Å². The number of aromatic nitrogens is 2. The molecule has 0 unspecified atom stereocenters. The molecule has 0 aromatic carbocycles. The van der Waals surface area contributed by atoms with Crippen molar-refractivity contribution in [1.82, 2.24) is 9.97 Å². The average molecular weight is 181 g/mol. The molecule has 0 amide bonds. The van der Waals surface area contributed by atoms with Gasteiger partial charge in [0.05, 0.1) is 18.7 Å². The van der Waals surface area contributed by atoms with E-state index in [1.807, 2.05) is 0 Å². The molecule has 1 atom stereocenters. The normalized spacial score (nSPS) is 12.2. The first-order chi connectivity index (χ1) is 6.15. The van der Waals surface area contributed by atoms with Crippen molar-refractivity contribution < 1.29 is 9.53 Å². The van der Waals surface area contributed by atoms with Crippen molar-refractivity contribution in [2.24, 2.45) is 5.73 Å². The summed E-state index contributed by atoms with van der Waals surface area (Å²) in [5.41, 5.74) is 5.86. The zero-order chi connectivity index (χ0) is 9.84. The third-order valence-corrected chi connectivity index (χ3v) is 1.50. The van der Waals surface area contributed by atoms with E-state index in [4.69, 9.17) is 5.73 Å². The van der Waals surface area contributed by atoms with Crippen LogP contribution in [0.4, 0.5) is 0 Å². The Morgan fingerprint density at radius 3 is 2.46 bits per heavy atom. The Kier molecular flexibility index (Phi) is 2.92. The number of ether oxygens (including phenoxy) is 1. The summed E-state index contributed by atoms with van der Waals surface area (Å²) in [5, 5.41) is 0. The number of rotatable bonds is 2. The first-order valence-electron chi connectivity index (χ1n) is 3.81. The fourth-order valence-electron chi connectivity index (χ4n) is 0.796. The molecule has 0 bridgehead atoms. The van der Waals surface area contributed by atoms with Gasteiger partial charge in [0, 0.05) is 12.4 Å². The molecule has 1 aromatic rings. The summed E-state index contributed by atoms with van der Waals surface area (Å²) in [7, 11) is 1.31. The highest BCUT2D eigenvalue weighted by Gasteiger charge is 2.07. The van der Waals surface area contributed by atoms with Gasteiger partial charge in [0.2, 0.25) is 0 Å². The lowest BCUT2D eigenvalue weighted by Crippen LogP contribution is -2.11. The van der Waals surface area contributed by atoms with Crippen LogP contribution in [0.15, 0.2) is 12.4 Å². The first kappa shape index (κ1) is 9.60. The third-order valence-electron chi connectivity index (χ3n) is 1.50. The van der Waals surface area contributed by atoms with Crippen LogP contribution in [0, 0.1) is 0 Å². The molecule has 0 aliphatic heterocycles. The summed E-state index contributed by atoms with van der Waals surface area (Å²) < 4.78 is 4.49. The summed E-state index contributed by atoms with van der Waals surface area (Å²) in [5.74, 6) is 0.0591. The minimum atomic E-state index is -0.448. The van der Waals surface area contributed by atoms with Crippen molar-refractivity contribution >= 4 is 5.97 Å². The average Bonchev–Trinajstić information content (AvgIpc) is 2.17. The molecule has 1 rings (SSSR count). The highest BCUT2D eigenvalue weighted by Crippen LogP contribution is 2.03. The summed E-state index contributed by atoms with van der Waals surface area (Å²) in [6.45, 7) is 1.77. The van der Waals surface area contributed by atoms with E-state index in [-0.39, 0.29) is 6.04 Å². The number of carbonyl (C=O) groups is 1. The van der Waals surface area contributed by atoms with E-state index in [2.05, 4.69) is 14.7 Å². The Labute approximate surface area is 75.9 Å². The van der Waals surface area contributed by atoms with Crippen LogP contribution in [0.3, 0.4) is 0 Å². The van der Waals surface area contributed by atoms with Gasteiger partial charge in [-0.05, 0) is 6.92 Å². The number of esters is 1. The van der Waals surface area contributed by atoms with Crippen LogP contribution in [0.25, 0.3) is 0 Å². The monoisotopic (exact) mass is 181 g/mol. The van der Waals surface area contributed by atoms with E-state index in [1.54, 1.807) is 6.92 Å². The van der Waals surface area contributed by atoms with Gasteiger partial charge >= 0.3 is 5.97 Å². The Bertz CT molecular complexity index is 295.